The highest BCUT2D eigenvalue weighted by Crippen LogP contribution is 2.22. The minimum atomic E-state index is -3.77. The van der Waals surface area contributed by atoms with Gasteiger partial charge in [-0.15, -0.1) is 4.91 Å². The van der Waals surface area contributed by atoms with Gasteiger partial charge in [-0.05, 0) is 85.3 Å². The number of carbonyl (C=O) groups excluding carboxylic acids is 1. The maximum Gasteiger partial charge on any atom is 0.261 e. The number of anilines is 2. The lowest BCUT2D eigenvalue weighted by atomic mass is 10.1. The second-order valence-electron chi connectivity index (χ2n) is 7.00. The molecule has 0 radical (unpaired) electrons. The number of carbonyl (C=O) groups is 1. The molecule has 3 aromatic rings. The van der Waals surface area contributed by atoms with E-state index in [0.29, 0.717) is 11.4 Å². The summed E-state index contributed by atoms with van der Waals surface area (Å²) in [5, 5.41) is 8.11. The Kier molecular flexibility index (Phi) is 6.96. The highest BCUT2D eigenvalue weighted by molar-refractivity contribution is 7.92. The monoisotopic (exact) mass is 468 g/mol. The topological polar surface area (TPSA) is 117 Å². The van der Waals surface area contributed by atoms with Gasteiger partial charge in [0.2, 0.25) is 0 Å². The molecule has 0 aliphatic rings. The first kappa shape index (κ1) is 23.0. The number of thiocarbonyl (C=S) groups is 1. The SMILES string of the molecule is Cc1ccc(NS(=O)(=O)c2ccc(NC(=S)NC(=O)c3cccc(N=O)c3)cc2)c(C)c1. The Morgan fingerprint density at radius 1 is 0.969 bits per heavy atom. The van der Waals surface area contributed by atoms with Gasteiger partial charge in [0.15, 0.2) is 5.11 Å². The van der Waals surface area contributed by atoms with Gasteiger partial charge in [-0.2, -0.15) is 0 Å². The molecular formula is C22H20N4O4S2. The molecule has 0 aliphatic carbocycles. The summed E-state index contributed by atoms with van der Waals surface area (Å²) in [4.78, 5) is 22.9. The fourth-order valence-corrected chi connectivity index (χ4v) is 4.23. The first-order valence-electron chi connectivity index (χ1n) is 9.44. The van der Waals surface area contributed by atoms with Crippen LogP contribution in [0.2, 0.25) is 0 Å². The average Bonchev–Trinajstić information content (AvgIpc) is 2.76. The number of sulfonamides is 1. The first-order valence-corrected chi connectivity index (χ1v) is 11.3. The van der Waals surface area contributed by atoms with E-state index < -0.39 is 15.9 Å². The van der Waals surface area contributed by atoms with Gasteiger partial charge in [-0.3, -0.25) is 14.8 Å². The number of nitroso groups, excluding NO2 is 1. The van der Waals surface area contributed by atoms with Crippen molar-refractivity contribution in [2.24, 2.45) is 5.18 Å². The van der Waals surface area contributed by atoms with Gasteiger partial charge < -0.3 is 5.32 Å². The van der Waals surface area contributed by atoms with Crippen molar-refractivity contribution in [3.05, 3.63) is 88.3 Å². The molecule has 0 heterocycles. The molecule has 8 nitrogen and oxygen atoms in total. The van der Waals surface area contributed by atoms with E-state index in [1.165, 1.54) is 48.5 Å². The third kappa shape index (κ3) is 5.74. The molecule has 164 valence electrons. The van der Waals surface area contributed by atoms with Crippen molar-refractivity contribution in [1.29, 1.82) is 0 Å². The zero-order chi connectivity index (χ0) is 23.3. The van der Waals surface area contributed by atoms with Gasteiger partial charge >= 0.3 is 0 Å². The summed E-state index contributed by atoms with van der Waals surface area (Å²) >= 11 is 5.13. The van der Waals surface area contributed by atoms with Crippen molar-refractivity contribution in [1.82, 2.24) is 5.32 Å². The fourth-order valence-electron chi connectivity index (χ4n) is 2.89. The molecular weight excluding hydrogens is 448 g/mol. The molecule has 0 unspecified atom stereocenters. The van der Waals surface area contributed by atoms with E-state index >= 15 is 0 Å². The number of aryl methyl sites for hydroxylation is 2. The van der Waals surface area contributed by atoms with Gasteiger partial charge in [0, 0.05) is 11.3 Å². The Morgan fingerprint density at radius 3 is 2.34 bits per heavy atom. The molecule has 3 rings (SSSR count). The summed E-state index contributed by atoms with van der Waals surface area (Å²) in [5.74, 6) is -0.509. The largest absolute Gasteiger partial charge is 0.332 e. The predicted octanol–water partition coefficient (Wildman–Crippen LogP) is 4.63. The van der Waals surface area contributed by atoms with Crippen LogP contribution in [-0.2, 0) is 10.0 Å². The molecule has 0 atom stereocenters. The van der Waals surface area contributed by atoms with Crippen molar-refractivity contribution < 1.29 is 13.2 Å². The summed E-state index contributed by atoms with van der Waals surface area (Å²) in [6.07, 6.45) is 0. The number of nitrogens with zero attached hydrogens (tertiary/aromatic N) is 1. The number of rotatable bonds is 6. The Hall–Kier alpha value is -3.63. The molecule has 0 spiro atoms. The molecule has 0 fully saturated rings. The number of hydrogen-bond donors (Lipinski definition) is 3. The van der Waals surface area contributed by atoms with Crippen LogP contribution in [0.1, 0.15) is 21.5 Å². The second-order valence-corrected chi connectivity index (χ2v) is 9.09. The second kappa shape index (κ2) is 9.67. The molecule has 0 aliphatic heterocycles. The van der Waals surface area contributed by atoms with E-state index in [2.05, 4.69) is 20.5 Å². The highest BCUT2D eigenvalue weighted by atomic mass is 32.2. The Morgan fingerprint density at radius 2 is 1.69 bits per heavy atom. The summed E-state index contributed by atoms with van der Waals surface area (Å²) in [6, 6.07) is 17.2. The quantitative estimate of drug-likeness (QED) is 0.359. The summed E-state index contributed by atoms with van der Waals surface area (Å²) in [7, 11) is -3.77. The van der Waals surface area contributed by atoms with Crippen LogP contribution in [0.4, 0.5) is 17.1 Å². The van der Waals surface area contributed by atoms with Crippen LogP contribution in [0.3, 0.4) is 0 Å². The third-order valence-electron chi connectivity index (χ3n) is 4.49. The van der Waals surface area contributed by atoms with Gasteiger partial charge in [0.1, 0.15) is 5.69 Å². The van der Waals surface area contributed by atoms with E-state index in [-0.39, 0.29) is 21.3 Å². The minimum absolute atomic E-state index is 0.0171. The lowest BCUT2D eigenvalue weighted by Gasteiger charge is -2.13. The molecule has 3 N–H and O–H groups in total. The van der Waals surface area contributed by atoms with E-state index in [1.54, 1.807) is 6.07 Å². The number of benzene rings is 3. The molecule has 32 heavy (non-hydrogen) atoms. The number of hydrogen-bond acceptors (Lipinski definition) is 6. The van der Waals surface area contributed by atoms with Crippen LogP contribution >= 0.6 is 12.2 Å². The lowest BCUT2D eigenvalue weighted by Crippen LogP contribution is -2.34. The van der Waals surface area contributed by atoms with Crippen molar-refractivity contribution in [2.75, 3.05) is 10.0 Å². The highest BCUT2D eigenvalue weighted by Gasteiger charge is 2.16. The standard InChI is InChI=1S/C22H20N4O4S2/c1-14-6-11-20(15(2)12-14)26-32(29,30)19-9-7-17(8-10-19)23-22(31)24-21(27)16-4-3-5-18(13-16)25-28/h3-13,26H,1-2H3,(H2,23,24,27,31). The Balaban J connectivity index is 1.65. The van der Waals surface area contributed by atoms with Crippen molar-refractivity contribution >= 4 is 50.3 Å². The van der Waals surface area contributed by atoms with Crippen LogP contribution in [-0.4, -0.2) is 19.4 Å². The summed E-state index contributed by atoms with van der Waals surface area (Å²) in [6.45, 7) is 3.77. The molecule has 0 saturated heterocycles. The number of amides is 1. The molecule has 3 aromatic carbocycles. The van der Waals surface area contributed by atoms with Gasteiger partial charge in [0.05, 0.1) is 10.6 Å². The van der Waals surface area contributed by atoms with E-state index in [0.717, 1.165) is 11.1 Å². The molecule has 1 amide bonds. The molecule has 10 heteroatoms. The smallest absolute Gasteiger partial charge is 0.261 e. The van der Waals surface area contributed by atoms with E-state index in [1.807, 2.05) is 26.0 Å². The van der Waals surface area contributed by atoms with Gasteiger partial charge in [-0.1, -0.05) is 23.8 Å². The van der Waals surface area contributed by atoms with Crippen LogP contribution in [0, 0.1) is 18.8 Å². The van der Waals surface area contributed by atoms with E-state index in [4.69, 9.17) is 12.2 Å². The van der Waals surface area contributed by atoms with Crippen molar-refractivity contribution in [3.63, 3.8) is 0 Å². The molecule has 0 saturated carbocycles. The van der Waals surface area contributed by atoms with Crippen LogP contribution in [0.25, 0.3) is 0 Å². The number of nitrogens with one attached hydrogen (secondary N) is 3. The third-order valence-corrected chi connectivity index (χ3v) is 6.08. The van der Waals surface area contributed by atoms with Gasteiger partial charge in [-0.25, -0.2) is 8.42 Å². The summed E-state index contributed by atoms with van der Waals surface area (Å²) < 4.78 is 27.9. The normalized spacial score (nSPS) is 10.8. The fraction of sp³-hybridized carbons (Fsp3) is 0.0909. The molecule has 0 bridgehead atoms. The zero-order valence-electron chi connectivity index (χ0n) is 17.2. The van der Waals surface area contributed by atoms with Crippen LogP contribution < -0.4 is 15.4 Å². The lowest BCUT2D eigenvalue weighted by molar-refractivity contribution is 0.0977. The minimum Gasteiger partial charge on any atom is -0.332 e. The van der Waals surface area contributed by atoms with Crippen LogP contribution in [0.15, 0.2) is 76.8 Å². The predicted molar refractivity (Wildman–Crippen MR) is 129 cm³/mol. The summed E-state index contributed by atoms with van der Waals surface area (Å²) in [5.41, 5.74) is 3.21. The Bertz CT molecular complexity index is 1290. The zero-order valence-corrected chi connectivity index (χ0v) is 18.9. The van der Waals surface area contributed by atoms with E-state index in [9.17, 15) is 18.1 Å². The van der Waals surface area contributed by atoms with Crippen molar-refractivity contribution in [2.45, 2.75) is 18.7 Å². The average molecular weight is 469 g/mol. The molecule has 0 aromatic heterocycles. The maximum absolute atomic E-state index is 12.7. The van der Waals surface area contributed by atoms with Crippen LogP contribution in [0.5, 0.6) is 0 Å². The van der Waals surface area contributed by atoms with Gasteiger partial charge in [0.25, 0.3) is 15.9 Å². The maximum atomic E-state index is 12.7. The Labute approximate surface area is 191 Å². The van der Waals surface area contributed by atoms with Crippen molar-refractivity contribution in [3.8, 4) is 0 Å². The first-order chi connectivity index (χ1) is 15.2.